The van der Waals surface area contributed by atoms with Crippen LogP contribution in [0.3, 0.4) is 0 Å². The molecule has 166 valence electrons. The number of allylic oxidation sites excluding steroid dienone is 1. The van der Waals surface area contributed by atoms with E-state index in [0.29, 0.717) is 36.0 Å². The van der Waals surface area contributed by atoms with Gasteiger partial charge in [0.2, 0.25) is 6.29 Å². The van der Waals surface area contributed by atoms with E-state index in [1.54, 1.807) is 24.3 Å². The maximum atomic E-state index is 13.3. The van der Waals surface area contributed by atoms with E-state index in [9.17, 15) is 14.7 Å². The topological polar surface area (TPSA) is 98.0 Å². The molecule has 0 radical (unpaired) electrons. The average molecular weight is 427 g/mol. The SMILES string of the molecule is CCO[C@H]1OC(C(=O)NC2CCC2)=C[C@@H](c2coc3ccccc3c2=O)[C@H]1CCCO. The van der Waals surface area contributed by atoms with Gasteiger partial charge in [0.1, 0.15) is 5.58 Å². The molecule has 0 unspecified atom stereocenters. The number of ether oxygens (including phenoxy) is 2. The van der Waals surface area contributed by atoms with Gasteiger partial charge in [-0.3, -0.25) is 9.59 Å². The zero-order valence-corrected chi connectivity index (χ0v) is 17.7. The summed E-state index contributed by atoms with van der Waals surface area (Å²) in [4.78, 5) is 26.1. The molecule has 1 amide bonds. The summed E-state index contributed by atoms with van der Waals surface area (Å²) in [6, 6.07) is 7.27. The number of carbonyl (C=O) groups is 1. The van der Waals surface area contributed by atoms with Gasteiger partial charge >= 0.3 is 0 Å². The van der Waals surface area contributed by atoms with E-state index in [2.05, 4.69) is 5.32 Å². The highest BCUT2D eigenvalue weighted by Crippen LogP contribution is 2.39. The fraction of sp³-hybridized carbons (Fsp3) is 0.500. The second-order valence-electron chi connectivity index (χ2n) is 8.15. The predicted molar refractivity (Wildman–Crippen MR) is 115 cm³/mol. The Bertz CT molecular complexity index is 1010. The maximum absolute atomic E-state index is 13.3. The van der Waals surface area contributed by atoms with Crippen LogP contribution < -0.4 is 10.7 Å². The lowest BCUT2D eigenvalue weighted by Gasteiger charge is -2.37. The van der Waals surface area contributed by atoms with Crippen LogP contribution in [0.5, 0.6) is 0 Å². The van der Waals surface area contributed by atoms with Crippen molar-refractivity contribution in [3.63, 3.8) is 0 Å². The fourth-order valence-electron chi connectivity index (χ4n) is 4.25. The summed E-state index contributed by atoms with van der Waals surface area (Å²) in [5, 5.41) is 12.9. The lowest BCUT2D eigenvalue weighted by atomic mass is 9.80. The molecule has 7 heteroatoms. The first kappa shape index (κ1) is 21.6. The van der Waals surface area contributed by atoms with Crippen LogP contribution in [0.4, 0.5) is 0 Å². The summed E-state index contributed by atoms with van der Waals surface area (Å²) in [7, 11) is 0. The van der Waals surface area contributed by atoms with E-state index in [-0.39, 0.29) is 35.7 Å². The molecule has 2 N–H and O–H groups in total. The van der Waals surface area contributed by atoms with Crippen molar-refractivity contribution in [3.8, 4) is 0 Å². The van der Waals surface area contributed by atoms with Crippen molar-refractivity contribution in [2.24, 2.45) is 5.92 Å². The molecule has 1 aliphatic carbocycles. The molecular formula is C24H29NO6. The van der Waals surface area contributed by atoms with Gasteiger partial charge in [-0.2, -0.15) is 0 Å². The van der Waals surface area contributed by atoms with Crippen molar-refractivity contribution < 1.29 is 23.8 Å². The quantitative estimate of drug-likeness (QED) is 0.671. The molecule has 1 aliphatic heterocycles. The minimum atomic E-state index is -0.695. The van der Waals surface area contributed by atoms with Gasteiger partial charge < -0.3 is 24.3 Å². The molecule has 1 fully saturated rings. The Labute approximate surface area is 181 Å². The standard InChI is InChI=1S/C24H29NO6/c1-2-29-24-16(10-6-12-26)18(13-21(31-24)23(28)25-15-7-5-8-15)19-14-30-20-11-4-3-9-17(20)22(19)27/h3-4,9,11,13-16,18,24,26H,2,5-8,10,12H2,1H3,(H,25,28)/t16-,18-,24+/m1/s1. The second-order valence-corrected chi connectivity index (χ2v) is 8.15. The average Bonchev–Trinajstić information content (AvgIpc) is 2.75. The van der Waals surface area contributed by atoms with E-state index < -0.39 is 12.2 Å². The molecule has 0 bridgehead atoms. The first-order chi connectivity index (χ1) is 15.1. The number of fused-ring (bicyclic) bond motifs is 1. The third kappa shape index (κ3) is 4.52. The van der Waals surface area contributed by atoms with Gasteiger partial charge in [-0.15, -0.1) is 0 Å². The molecule has 2 aromatic rings. The van der Waals surface area contributed by atoms with Gasteiger partial charge in [-0.1, -0.05) is 12.1 Å². The van der Waals surface area contributed by atoms with E-state index >= 15 is 0 Å². The summed E-state index contributed by atoms with van der Waals surface area (Å²) in [5.74, 6) is -0.787. The molecule has 2 aliphatic rings. The number of aliphatic hydroxyl groups excluding tert-OH is 1. The minimum absolute atomic E-state index is 0.0210. The molecular weight excluding hydrogens is 398 g/mol. The van der Waals surface area contributed by atoms with Crippen LogP contribution >= 0.6 is 0 Å². The molecule has 2 heterocycles. The Kier molecular flexibility index (Phi) is 6.73. The van der Waals surface area contributed by atoms with E-state index in [0.717, 1.165) is 19.3 Å². The van der Waals surface area contributed by atoms with Crippen LogP contribution in [-0.2, 0) is 14.3 Å². The smallest absolute Gasteiger partial charge is 0.286 e. The van der Waals surface area contributed by atoms with Crippen molar-refractivity contribution in [3.05, 3.63) is 58.2 Å². The number of aliphatic hydroxyl groups is 1. The zero-order valence-electron chi connectivity index (χ0n) is 17.7. The van der Waals surface area contributed by atoms with Gasteiger partial charge in [0.25, 0.3) is 5.91 Å². The van der Waals surface area contributed by atoms with Crippen LogP contribution in [0, 0.1) is 5.92 Å². The number of hydrogen-bond donors (Lipinski definition) is 2. The summed E-state index contributed by atoms with van der Waals surface area (Å²) in [6.45, 7) is 2.28. The van der Waals surface area contributed by atoms with Gasteiger partial charge in [-0.05, 0) is 57.2 Å². The Balaban J connectivity index is 1.75. The van der Waals surface area contributed by atoms with E-state index in [4.69, 9.17) is 13.9 Å². The molecule has 4 rings (SSSR count). The number of hydrogen-bond acceptors (Lipinski definition) is 6. The molecule has 1 saturated carbocycles. The van der Waals surface area contributed by atoms with Crippen LogP contribution in [-0.4, -0.2) is 36.6 Å². The highest BCUT2D eigenvalue weighted by atomic mass is 16.7. The van der Waals surface area contributed by atoms with Crippen molar-refractivity contribution in [1.29, 1.82) is 0 Å². The third-order valence-electron chi connectivity index (χ3n) is 6.14. The molecule has 1 aromatic heterocycles. The number of rotatable bonds is 8. The van der Waals surface area contributed by atoms with Crippen LogP contribution in [0.25, 0.3) is 11.0 Å². The highest BCUT2D eigenvalue weighted by Gasteiger charge is 2.39. The molecule has 0 saturated heterocycles. The number of amides is 1. The first-order valence-electron chi connectivity index (χ1n) is 11.0. The molecule has 1 aromatic carbocycles. The van der Waals surface area contributed by atoms with Gasteiger partial charge in [-0.25, -0.2) is 0 Å². The van der Waals surface area contributed by atoms with E-state index in [1.807, 2.05) is 13.0 Å². The normalized spacial score (nSPS) is 23.7. The zero-order chi connectivity index (χ0) is 21.8. The number of para-hydroxylation sites is 1. The lowest BCUT2D eigenvalue weighted by molar-refractivity contribution is -0.167. The van der Waals surface area contributed by atoms with Gasteiger partial charge in [0.15, 0.2) is 11.2 Å². The third-order valence-corrected chi connectivity index (χ3v) is 6.14. The van der Waals surface area contributed by atoms with E-state index in [1.165, 1.54) is 6.26 Å². The summed E-state index contributed by atoms with van der Waals surface area (Å²) < 4.78 is 17.6. The van der Waals surface area contributed by atoms with Crippen molar-refractivity contribution in [2.75, 3.05) is 13.2 Å². The largest absolute Gasteiger partial charge is 0.464 e. The first-order valence-corrected chi connectivity index (χ1v) is 11.0. The monoisotopic (exact) mass is 427 g/mol. The van der Waals surface area contributed by atoms with Crippen LogP contribution in [0.15, 0.2) is 51.6 Å². The lowest BCUT2D eigenvalue weighted by Crippen LogP contribution is -2.44. The van der Waals surface area contributed by atoms with Crippen LogP contribution in [0.2, 0.25) is 0 Å². The number of benzene rings is 1. The van der Waals surface area contributed by atoms with Crippen molar-refractivity contribution in [2.45, 2.75) is 57.3 Å². The Morgan fingerprint density at radius 3 is 2.81 bits per heavy atom. The summed E-state index contributed by atoms with van der Waals surface area (Å²) >= 11 is 0. The molecule has 31 heavy (non-hydrogen) atoms. The van der Waals surface area contributed by atoms with Gasteiger partial charge in [0.05, 0.1) is 11.6 Å². The number of nitrogens with one attached hydrogen (secondary N) is 1. The van der Waals surface area contributed by atoms with Crippen molar-refractivity contribution in [1.82, 2.24) is 5.32 Å². The molecule has 3 atom stereocenters. The Hall–Kier alpha value is -2.64. The summed E-state index contributed by atoms with van der Waals surface area (Å²) in [6.07, 6.45) is 6.64. The molecule has 0 spiro atoms. The predicted octanol–water partition coefficient (Wildman–Crippen LogP) is 3.21. The summed E-state index contributed by atoms with van der Waals surface area (Å²) in [5.41, 5.74) is 0.847. The highest BCUT2D eigenvalue weighted by molar-refractivity contribution is 5.92. The number of carbonyl (C=O) groups excluding carboxylic acids is 1. The van der Waals surface area contributed by atoms with Gasteiger partial charge in [0, 0.05) is 36.7 Å². The minimum Gasteiger partial charge on any atom is -0.464 e. The van der Waals surface area contributed by atoms with Crippen LogP contribution in [0.1, 0.15) is 50.5 Å². The Morgan fingerprint density at radius 2 is 2.10 bits per heavy atom. The molecule has 7 nitrogen and oxygen atoms in total. The fourth-order valence-corrected chi connectivity index (χ4v) is 4.25. The maximum Gasteiger partial charge on any atom is 0.286 e. The Morgan fingerprint density at radius 1 is 1.29 bits per heavy atom. The second kappa shape index (κ2) is 9.66. The van der Waals surface area contributed by atoms with Crippen molar-refractivity contribution >= 4 is 16.9 Å².